The van der Waals surface area contributed by atoms with Gasteiger partial charge in [0.1, 0.15) is 5.75 Å². The van der Waals surface area contributed by atoms with E-state index in [1.165, 1.54) is 11.1 Å². The molecule has 0 saturated carbocycles. The molecule has 1 N–H and O–H groups in total. The summed E-state index contributed by atoms with van der Waals surface area (Å²) < 4.78 is 5.73. The van der Waals surface area contributed by atoms with Gasteiger partial charge in [0.2, 0.25) is 0 Å². The first-order valence-electron chi connectivity index (χ1n) is 8.75. The molecule has 2 rings (SSSR count). The lowest BCUT2D eigenvalue weighted by Gasteiger charge is -2.20. The number of hydrogen-bond donors (Lipinski definition) is 1. The molecule has 1 atom stereocenters. The van der Waals surface area contributed by atoms with Gasteiger partial charge in [-0.05, 0) is 40.2 Å². The highest BCUT2D eigenvalue weighted by Crippen LogP contribution is 2.25. The van der Waals surface area contributed by atoms with Crippen LogP contribution in [0, 0.1) is 0 Å². The van der Waals surface area contributed by atoms with Crippen molar-refractivity contribution < 1.29 is 14.6 Å². The first-order chi connectivity index (χ1) is 11.7. The van der Waals surface area contributed by atoms with Crippen molar-refractivity contribution >= 4 is 5.97 Å². The van der Waals surface area contributed by atoms with Gasteiger partial charge in [-0.15, -0.1) is 0 Å². The zero-order chi connectivity index (χ0) is 18.6. The van der Waals surface area contributed by atoms with Crippen molar-refractivity contribution in [2.24, 2.45) is 0 Å². The molecule has 25 heavy (non-hydrogen) atoms. The number of carboxylic acids is 1. The number of rotatable bonds is 6. The number of ether oxygens (including phenoxy) is 1. The van der Waals surface area contributed by atoms with Gasteiger partial charge in [-0.25, -0.2) is 4.79 Å². The zero-order valence-corrected chi connectivity index (χ0v) is 15.7. The second kappa shape index (κ2) is 7.73. The van der Waals surface area contributed by atoms with Crippen LogP contribution >= 0.6 is 0 Å². The summed E-state index contributed by atoms with van der Waals surface area (Å²) in [5.41, 5.74) is 3.46. The van der Waals surface area contributed by atoms with Crippen LogP contribution in [0.25, 0.3) is 0 Å². The maximum atomic E-state index is 11.6. The van der Waals surface area contributed by atoms with E-state index in [9.17, 15) is 9.90 Å². The Morgan fingerprint density at radius 3 is 2.00 bits per heavy atom. The van der Waals surface area contributed by atoms with Gasteiger partial charge < -0.3 is 9.84 Å². The second-order valence-corrected chi connectivity index (χ2v) is 7.82. The smallest absolute Gasteiger partial charge is 0.345 e. The van der Waals surface area contributed by atoms with Crippen LogP contribution in [0.1, 0.15) is 57.2 Å². The first kappa shape index (κ1) is 19.0. The van der Waals surface area contributed by atoms with Crippen LogP contribution < -0.4 is 4.74 Å². The van der Waals surface area contributed by atoms with Crippen molar-refractivity contribution in [1.82, 2.24) is 0 Å². The van der Waals surface area contributed by atoms with E-state index in [4.69, 9.17) is 4.74 Å². The third kappa shape index (κ3) is 5.35. The highest BCUT2D eigenvalue weighted by molar-refractivity contribution is 5.73. The Bertz CT molecular complexity index is 692. The fourth-order valence-electron chi connectivity index (χ4n) is 2.63. The molecule has 2 aromatic carbocycles. The lowest BCUT2D eigenvalue weighted by atomic mass is 9.87. The maximum absolute atomic E-state index is 11.6. The third-order valence-electron chi connectivity index (χ3n) is 4.34. The highest BCUT2D eigenvalue weighted by Gasteiger charge is 2.21. The fraction of sp³-hybridized carbons (Fsp3) is 0.409. The van der Waals surface area contributed by atoms with E-state index in [-0.39, 0.29) is 5.41 Å². The number of aliphatic carboxylic acids is 1. The van der Waals surface area contributed by atoms with E-state index in [1.807, 2.05) is 36.4 Å². The summed E-state index contributed by atoms with van der Waals surface area (Å²) in [5, 5.41) is 9.50. The van der Waals surface area contributed by atoms with Gasteiger partial charge in [0.05, 0.1) is 0 Å². The third-order valence-corrected chi connectivity index (χ3v) is 4.34. The van der Waals surface area contributed by atoms with Crippen molar-refractivity contribution in [1.29, 1.82) is 0 Å². The highest BCUT2D eigenvalue weighted by atomic mass is 16.5. The number of hydrogen-bond acceptors (Lipinski definition) is 2. The summed E-state index contributed by atoms with van der Waals surface area (Å²) in [5.74, 6) is 0.0916. The van der Waals surface area contributed by atoms with E-state index in [0.717, 1.165) is 5.56 Å². The predicted octanol–water partition coefficient (Wildman–Crippen LogP) is 5.18. The molecule has 0 heterocycles. The Labute approximate surface area is 150 Å². The van der Waals surface area contributed by atoms with Gasteiger partial charge in [0.25, 0.3) is 0 Å². The molecule has 0 spiro atoms. The molecule has 0 aliphatic carbocycles. The summed E-state index contributed by atoms with van der Waals surface area (Å²) in [7, 11) is 0. The summed E-state index contributed by atoms with van der Waals surface area (Å²) in [6, 6.07) is 15.7. The number of benzene rings is 2. The summed E-state index contributed by atoms with van der Waals surface area (Å²) in [6.07, 6.45) is -0.556. The Morgan fingerprint density at radius 2 is 1.56 bits per heavy atom. The molecule has 3 heteroatoms. The SMILES string of the molecule is CC(C)c1ccc(C[C@H](Oc2ccc(C(C)(C)C)cc2)C(=O)O)cc1. The van der Waals surface area contributed by atoms with Gasteiger partial charge in [0, 0.05) is 6.42 Å². The molecule has 0 aromatic heterocycles. The molecule has 0 amide bonds. The largest absolute Gasteiger partial charge is 0.478 e. The topological polar surface area (TPSA) is 46.5 Å². The fourth-order valence-corrected chi connectivity index (χ4v) is 2.63. The van der Waals surface area contributed by atoms with Crippen molar-refractivity contribution in [3.63, 3.8) is 0 Å². The lowest BCUT2D eigenvalue weighted by molar-refractivity contribution is -0.145. The van der Waals surface area contributed by atoms with Crippen LogP contribution in [-0.4, -0.2) is 17.2 Å². The van der Waals surface area contributed by atoms with Crippen LogP contribution in [0.5, 0.6) is 5.75 Å². The minimum atomic E-state index is -0.951. The summed E-state index contributed by atoms with van der Waals surface area (Å²) in [6.45, 7) is 10.7. The van der Waals surface area contributed by atoms with Crippen molar-refractivity contribution in [2.45, 2.75) is 58.5 Å². The van der Waals surface area contributed by atoms with Gasteiger partial charge in [0.15, 0.2) is 6.10 Å². The van der Waals surface area contributed by atoms with E-state index in [0.29, 0.717) is 18.1 Å². The van der Waals surface area contributed by atoms with Crippen LogP contribution in [-0.2, 0) is 16.6 Å². The molecule has 0 aliphatic heterocycles. The first-order valence-corrected chi connectivity index (χ1v) is 8.75. The van der Waals surface area contributed by atoms with Crippen LogP contribution in [0.15, 0.2) is 48.5 Å². The zero-order valence-electron chi connectivity index (χ0n) is 15.7. The maximum Gasteiger partial charge on any atom is 0.345 e. The monoisotopic (exact) mass is 340 g/mol. The molecule has 2 aromatic rings. The molecule has 0 radical (unpaired) electrons. The Morgan fingerprint density at radius 1 is 1.00 bits per heavy atom. The van der Waals surface area contributed by atoms with E-state index < -0.39 is 12.1 Å². The molecule has 3 nitrogen and oxygen atoms in total. The Kier molecular flexibility index (Phi) is 5.89. The molecule has 0 unspecified atom stereocenters. The average Bonchev–Trinajstić information content (AvgIpc) is 2.54. The van der Waals surface area contributed by atoms with E-state index in [2.05, 4.69) is 46.8 Å². The predicted molar refractivity (Wildman–Crippen MR) is 101 cm³/mol. The van der Waals surface area contributed by atoms with Crippen molar-refractivity contribution in [3.05, 3.63) is 65.2 Å². The average molecular weight is 340 g/mol. The van der Waals surface area contributed by atoms with Crippen molar-refractivity contribution in [3.8, 4) is 5.75 Å². The number of carbonyl (C=O) groups is 1. The van der Waals surface area contributed by atoms with Crippen molar-refractivity contribution in [2.75, 3.05) is 0 Å². The van der Waals surface area contributed by atoms with Gasteiger partial charge in [-0.3, -0.25) is 0 Å². The molecule has 134 valence electrons. The molecular formula is C22H28O3. The summed E-state index contributed by atoms with van der Waals surface area (Å²) >= 11 is 0. The van der Waals surface area contributed by atoms with Crippen LogP contribution in [0.4, 0.5) is 0 Å². The van der Waals surface area contributed by atoms with Gasteiger partial charge in [-0.1, -0.05) is 71.0 Å². The minimum absolute atomic E-state index is 0.0584. The van der Waals surface area contributed by atoms with Gasteiger partial charge >= 0.3 is 5.97 Å². The quantitative estimate of drug-likeness (QED) is 0.788. The van der Waals surface area contributed by atoms with E-state index in [1.54, 1.807) is 0 Å². The summed E-state index contributed by atoms with van der Waals surface area (Å²) in [4.78, 5) is 11.6. The molecule has 0 aliphatic rings. The number of carboxylic acid groups (broad SMARTS) is 1. The lowest BCUT2D eigenvalue weighted by Crippen LogP contribution is -2.29. The van der Waals surface area contributed by atoms with Gasteiger partial charge in [-0.2, -0.15) is 0 Å². The molecule has 0 fully saturated rings. The normalized spacial score (nSPS) is 12.9. The standard InChI is InChI=1S/C22H28O3/c1-15(2)17-8-6-16(7-9-17)14-20(21(23)24)25-19-12-10-18(11-13-19)22(3,4)5/h6-13,15,20H,14H2,1-5H3,(H,23,24)/t20-/m0/s1. The van der Waals surface area contributed by atoms with E-state index >= 15 is 0 Å². The Balaban J connectivity index is 2.09. The minimum Gasteiger partial charge on any atom is -0.478 e. The van der Waals surface area contributed by atoms with Crippen LogP contribution in [0.3, 0.4) is 0 Å². The molecule has 0 bridgehead atoms. The molecule has 0 saturated heterocycles. The second-order valence-electron chi connectivity index (χ2n) is 7.82. The van der Waals surface area contributed by atoms with Crippen LogP contribution in [0.2, 0.25) is 0 Å². The Hall–Kier alpha value is -2.29. The molecular weight excluding hydrogens is 312 g/mol.